The zero-order chi connectivity index (χ0) is 14.5. The van der Waals surface area contributed by atoms with Crippen LogP contribution in [0.2, 0.25) is 0 Å². The van der Waals surface area contributed by atoms with Crippen LogP contribution >= 0.6 is 0 Å². The fourth-order valence-electron chi connectivity index (χ4n) is 2.20. The molecule has 0 saturated carbocycles. The van der Waals surface area contributed by atoms with Gasteiger partial charge in [-0.25, -0.2) is 9.37 Å². The summed E-state index contributed by atoms with van der Waals surface area (Å²) in [6.07, 6.45) is 4.67. The molecule has 1 aromatic carbocycles. The first-order valence-electron chi connectivity index (χ1n) is 6.73. The van der Waals surface area contributed by atoms with Crippen LogP contribution < -0.4 is 5.32 Å². The molecule has 0 aliphatic heterocycles. The molecule has 3 nitrogen and oxygen atoms in total. The highest BCUT2D eigenvalue weighted by atomic mass is 19.1. The summed E-state index contributed by atoms with van der Waals surface area (Å²) < 4.78 is 15.2. The van der Waals surface area contributed by atoms with Gasteiger partial charge in [-0.15, -0.1) is 6.58 Å². The standard InChI is InChI=1S/C16H20FN3/c1-4-8-18-16-19-13(3)11-20(16)9-7-14-5-6-15(17)10-12(14)2/h4-6,10-11H,1,7-9H2,2-3H3,(H,18,19). The molecular formula is C16H20FN3. The van der Waals surface area contributed by atoms with Crippen molar-refractivity contribution in [2.24, 2.45) is 0 Å². The highest BCUT2D eigenvalue weighted by Crippen LogP contribution is 2.14. The average molecular weight is 273 g/mol. The van der Waals surface area contributed by atoms with E-state index in [1.807, 2.05) is 26.1 Å². The van der Waals surface area contributed by atoms with Crippen LogP contribution in [0.4, 0.5) is 10.3 Å². The van der Waals surface area contributed by atoms with Gasteiger partial charge >= 0.3 is 0 Å². The maximum Gasteiger partial charge on any atom is 0.203 e. The van der Waals surface area contributed by atoms with Crippen LogP contribution in [0.5, 0.6) is 0 Å². The van der Waals surface area contributed by atoms with E-state index in [4.69, 9.17) is 0 Å². The Balaban J connectivity index is 2.08. The second-order valence-electron chi connectivity index (χ2n) is 4.89. The van der Waals surface area contributed by atoms with E-state index in [9.17, 15) is 4.39 Å². The van der Waals surface area contributed by atoms with Gasteiger partial charge in [-0.1, -0.05) is 12.1 Å². The molecule has 2 rings (SSSR count). The first-order valence-corrected chi connectivity index (χ1v) is 6.73. The first kappa shape index (κ1) is 14.3. The van der Waals surface area contributed by atoms with Gasteiger partial charge in [-0.05, 0) is 43.5 Å². The Hall–Kier alpha value is -2.10. The van der Waals surface area contributed by atoms with Crippen molar-refractivity contribution < 1.29 is 4.39 Å². The van der Waals surface area contributed by atoms with Gasteiger partial charge in [0, 0.05) is 19.3 Å². The highest BCUT2D eigenvalue weighted by molar-refractivity contribution is 5.31. The van der Waals surface area contributed by atoms with Gasteiger partial charge in [0.2, 0.25) is 5.95 Å². The summed E-state index contributed by atoms with van der Waals surface area (Å²) in [5.41, 5.74) is 3.13. The summed E-state index contributed by atoms with van der Waals surface area (Å²) in [6, 6.07) is 4.94. The lowest BCUT2D eigenvalue weighted by Gasteiger charge is -2.10. The molecule has 20 heavy (non-hydrogen) atoms. The number of imidazole rings is 1. The largest absolute Gasteiger partial charge is 0.352 e. The minimum atomic E-state index is -0.182. The molecule has 0 aliphatic rings. The lowest BCUT2D eigenvalue weighted by atomic mass is 10.1. The predicted molar refractivity (Wildman–Crippen MR) is 80.5 cm³/mol. The topological polar surface area (TPSA) is 29.9 Å². The van der Waals surface area contributed by atoms with Gasteiger partial charge in [0.05, 0.1) is 5.69 Å². The minimum Gasteiger partial charge on any atom is -0.352 e. The Morgan fingerprint density at radius 2 is 2.20 bits per heavy atom. The Kier molecular flexibility index (Phi) is 4.56. The molecule has 1 N–H and O–H groups in total. The Morgan fingerprint density at radius 3 is 2.90 bits per heavy atom. The Morgan fingerprint density at radius 1 is 1.40 bits per heavy atom. The Labute approximate surface area is 119 Å². The van der Waals surface area contributed by atoms with Crippen molar-refractivity contribution in [1.82, 2.24) is 9.55 Å². The molecule has 0 atom stereocenters. The fourth-order valence-corrected chi connectivity index (χ4v) is 2.20. The summed E-state index contributed by atoms with van der Waals surface area (Å²) >= 11 is 0. The zero-order valence-corrected chi connectivity index (χ0v) is 12.0. The smallest absolute Gasteiger partial charge is 0.203 e. The van der Waals surface area contributed by atoms with Gasteiger partial charge < -0.3 is 9.88 Å². The van der Waals surface area contributed by atoms with Crippen LogP contribution in [-0.4, -0.2) is 16.1 Å². The predicted octanol–water partition coefficient (Wildman–Crippen LogP) is 3.48. The molecule has 0 radical (unpaired) electrons. The SMILES string of the molecule is C=CCNc1nc(C)cn1CCc1ccc(F)cc1C. The number of nitrogens with one attached hydrogen (secondary N) is 1. The van der Waals surface area contributed by atoms with Gasteiger partial charge in [-0.2, -0.15) is 0 Å². The number of aromatic nitrogens is 2. The molecule has 106 valence electrons. The van der Waals surface area contributed by atoms with E-state index < -0.39 is 0 Å². The molecule has 2 aromatic rings. The van der Waals surface area contributed by atoms with Gasteiger partial charge in [0.25, 0.3) is 0 Å². The molecule has 1 aromatic heterocycles. The normalized spacial score (nSPS) is 10.6. The van der Waals surface area contributed by atoms with Crippen LogP contribution in [0, 0.1) is 19.7 Å². The van der Waals surface area contributed by atoms with E-state index in [0.29, 0.717) is 6.54 Å². The van der Waals surface area contributed by atoms with E-state index in [2.05, 4.69) is 21.4 Å². The molecule has 0 bridgehead atoms. The zero-order valence-electron chi connectivity index (χ0n) is 12.0. The number of rotatable bonds is 6. The van der Waals surface area contributed by atoms with Gasteiger partial charge in [0.15, 0.2) is 0 Å². The van der Waals surface area contributed by atoms with E-state index in [1.165, 1.54) is 6.07 Å². The summed E-state index contributed by atoms with van der Waals surface area (Å²) in [4.78, 5) is 4.44. The summed E-state index contributed by atoms with van der Waals surface area (Å²) in [5, 5.41) is 3.22. The second kappa shape index (κ2) is 6.37. The summed E-state index contributed by atoms with van der Waals surface area (Å²) in [7, 11) is 0. The van der Waals surface area contributed by atoms with Crippen LogP contribution in [0.3, 0.4) is 0 Å². The van der Waals surface area contributed by atoms with E-state index in [0.717, 1.165) is 35.7 Å². The summed E-state index contributed by atoms with van der Waals surface area (Å²) in [6.45, 7) is 9.10. The van der Waals surface area contributed by atoms with Crippen molar-refractivity contribution in [3.63, 3.8) is 0 Å². The number of nitrogens with zero attached hydrogens (tertiary/aromatic N) is 2. The number of anilines is 1. The third kappa shape index (κ3) is 3.47. The molecule has 4 heteroatoms. The molecule has 0 unspecified atom stereocenters. The van der Waals surface area contributed by atoms with E-state index in [-0.39, 0.29) is 5.82 Å². The van der Waals surface area contributed by atoms with Crippen LogP contribution in [0.25, 0.3) is 0 Å². The number of aryl methyl sites for hydroxylation is 4. The first-order chi connectivity index (χ1) is 9.60. The lowest BCUT2D eigenvalue weighted by molar-refractivity contribution is 0.624. The maximum atomic E-state index is 13.1. The number of hydrogen-bond donors (Lipinski definition) is 1. The van der Waals surface area contributed by atoms with Crippen molar-refractivity contribution in [2.45, 2.75) is 26.8 Å². The van der Waals surface area contributed by atoms with Crippen molar-refractivity contribution in [2.75, 3.05) is 11.9 Å². The van der Waals surface area contributed by atoms with E-state index >= 15 is 0 Å². The quantitative estimate of drug-likeness (QED) is 0.817. The number of halogens is 1. The monoisotopic (exact) mass is 273 g/mol. The fraction of sp³-hybridized carbons (Fsp3) is 0.312. The number of benzene rings is 1. The van der Waals surface area contributed by atoms with Crippen LogP contribution in [0.1, 0.15) is 16.8 Å². The molecule has 1 heterocycles. The maximum absolute atomic E-state index is 13.1. The third-order valence-corrected chi connectivity index (χ3v) is 3.23. The van der Waals surface area contributed by atoms with Gasteiger partial charge in [-0.3, -0.25) is 0 Å². The third-order valence-electron chi connectivity index (χ3n) is 3.23. The van der Waals surface area contributed by atoms with Gasteiger partial charge in [0.1, 0.15) is 5.82 Å². The average Bonchev–Trinajstić information content (AvgIpc) is 2.75. The molecule has 0 saturated heterocycles. The molecule has 0 spiro atoms. The second-order valence-corrected chi connectivity index (χ2v) is 4.89. The summed E-state index contributed by atoms with van der Waals surface area (Å²) in [5.74, 6) is 0.667. The van der Waals surface area contributed by atoms with Crippen LogP contribution in [-0.2, 0) is 13.0 Å². The Bertz CT molecular complexity index is 602. The van der Waals surface area contributed by atoms with Crippen molar-refractivity contribution in [3.05, 3.63) is 59.7 Å². The van der Waals surface area contributed by atoms with Crippen molar-refractivity contribution in [3.8, 4) is 0 Å². The minimum absolute atomic E-state index is 0.182. The number of hydrogen-bond acceptors (Lipinski definition) is 2. The van der Waals surface area contributed by atoms with Crippen molar-refractivity contribution >= 4 is 5.95 Å². The lowest BCUT2D eigenvalue weighted by Crippen LogP contribution is -2.09. The molecule has 0 aliphatic carbocycles. The molecule has 0 fully saturated rings. The van der Waals surface area contributed by atoms with E-state index in [1.54, 1.807) is 12.1 Å². The van der Waals surface area contributed by atoms with Crippen LogP contribution in [0.15, 0.2) is 37.1 Å². The molecule has 0 amide bonds. The van der Waals surface area contributed by atoms with Crippen molar-refractivity contribution in [1.29, 1.82) is 0 Å². The highest BCUT2D eigenvalue weighted by Gasteiger charge is 2.06. The molecular weight excluding hydrogens is 253 g/mol.